The molecule has 0 fully saturated rings. The zero-order valence-corrected chi connectivity index (χ0v) is 8.16. The maximum absolute atomic E-state index is 5.34. The van der Waals surface area contributed by atoms with Crippen molar-refractivity contribution in [1.82, 2.24) is 10.3 Å². The summed E-state index contributed by atoms with van der Waals surface area (Å²) in [7, 11) is 1.92. The quantitative estimate of drug-likeness (QED) is 0.743. The molecule has 0 radical (unpaired) electrons. The number of nitrogens with one attached hydrogen (secondary N) is 1. The largest absolute Gasteiger partial charge is 0.380 e. The Hall–Kier alpha value is -0.930. The van der Waals surface area contributed by atoms with Crippen LogP contribution in [-0.2, 0) is 4.74 Å². The second kappa shape index (κ2) is 5.67. The number of pyridine rings is 1. The SMILES string of the molecule is CCOCC(NC)c1ccccn1. The molecule has 0 spiro atoms. The maximum atomic E-state index is 5.34. The number of rotatable bonds is 5. The van der Waals surface area contributed by atoms with E-state index in [0.717, 1.165) is 12.3 Å². The van der Waals surface area contributed by atoms with Gasteiger partial charge in [0.25, 0.3) is 0 Å². The van der Waals surface area contributed by atoms with E-state index in [4.69, 9.17) is 4.74 Å². The van der Waals surface area contributed by atoms with Crippen molar-refractivity contribution in [1.29, 1.82) is 0 Å². The zero-order chi connectivity index (χ0) is 9.52. The van der Waals surface area contributed by atoms with E-state index in [2.05, 4.69) is 10.3 Å². The minimum absolute atomic E-state index is 0.196. The van der Waals surface area contributed by atoms with Gasteiger partial charge in [0.15, 0.2) is 0 Å². The molecule has 1 aromatic rings. The van der Waals surface area contributed by atoms with E-state index < -0.39 is 0 Å². The molecule has 0 aromatic carbocycles. The molecule has 1 aromatic heterocycles. The van der Waals surface area contributed by atoms with Crippen molar-refractivity contribution < 1.29 is 4.74 Å². The van der Waals surface area contributed by atoms with Crippen molar-refractivity contribution in [3.05, 3.63) is 30.1 Å². The number of hydrogen-bond acceptors (Lipinski definition) is 3. The Morgan fingerprint density at radius 3 is 2.92 bits per heavy atom. The van der Waals surface area contributed by atoms with Gasteiger partial charge >= 0.3 is 0 Å². The Bertz CT molecular complexity index is 226. The summed E-state index contributed by atoms with van der Waals surface area (Å²) >= 11 is 0. The average Bonchev–Trinajstić information content (AvgIpc) is 2.21. The summed E-state index contributed by atoms with van der Waals surface area (Å²) in [5, 5.41) is 3.17. The zero-order valence-electron chi connectivity index (χ0n) is 8.16. The number of ether oxygens (including phenoxy) is 1. The van der Waals surface area contributed by atoms with E-state index in [-0.39, 0.29) is 6.04 Å². The predicted molar refractivity (Wildman–Crippen MR) is 52.5 cm³/mol. The first-order chi connectivity index (χ1) is 6.38. The molecule has 72 valence electrons. The Morgan fingerprint density at radius 1 is 1.54 bits per heavy atom. The van der Waals surface area contributed by atoms with Gasteiger partial charge in [-0.25, -0.2) is 0 Å². The van der Waals surface area contributed by atoms with Gasteiger partial charge in [-0.15, -0.1) is 0 Å². The molecule has 3 nitrogen and oxygen atoms in total. The Balaban J connectivity index is 2.56. The molecular formula is C10H16N2O. The highest BCUT2D eigenvalue weighted by Crippen LogP contribution is 2.08. The summed E-state index contributed by atoms with van der Waals surface area (Å²) in [6.45, 7) is 3.40. The second-order valence-corrected chi connectivity index (χ2v) is 2.76. The summed E-state index contributed by atoms with van der Waals surface area (Å²) in [5.41, 5.74) is 1.03. The second-order valence-electron chi connectivity index (χ2n) is 2.76. The molecular weight excluding hydrogens is 164 g/mol. The smallest absolute Gasteiger partial charge is 0.0730 e. The van der Waals surface area contributed by atoms with Crippen LogP contribution in [0.2, 0.25) is 0 Å². The summed E-state index contributed by atoms with van der Waals surface area (Å²) in [4.78, 5) is 4.26. The maximum Gasteiger partial charge on any atom is 0.0730 e. The van der Waals surface area contributed by atoms with Crippen molar-refractivity contribution in [2.45, 2.75) is 13.0 Å². The van der Waals surface area contributed by atoms with Crippen LogP contribution in [0, 0.1) is 0 Å². The van der Waals surface area contributed by atoms with Crippen LogP contribution in [0.15, 0.2) is 24.4 Å². The van der Waals surface area contributed by atoms with Gasteiger partial charge in [-0.05, 0) is 26.1 Å². The molecule has 0 amide bonds. The molecule has 0 aliphatic rings. The van der Waals surface area contributed by atoms with Gasteiger partial charge in [0.05, 0.1) is 18.3 Å². The lowest BCUT2D eigenvalue weighted by atomic mass is 10.2. The number of hydrogen-bond donors (Lipinski definition) is 1. The normalized spacial score (nSPS) is 12.8. The Morgan fingerprint density at radius 2 is 2.38 bits per heavy atom. The monoisotopic (exact) mass is 180 g/mol. The lowest BCUT2D eigenvalue weighted by molar-refractivity contribution is 0.124. The van der Waals surface area contributed by atoms with Crippen molar-refractivity contribution in [2.24, 2.45) is 0 Å². The van der Waals surface area contributed by atoms with Crippen LogP contribution in [0.3, 0.4) is 0 Å². The van der Waals surface area contributed by atoms with E-state index in [0.29, 0.717) is 6.61 Å². The highest BCUT2D eigenvalue weighted by molar-refractivity contribution is 5.08. The molecule has 3 heteroatoms. The number of likely N-dealkylation sites (N-methyl/N-ethyl adjacent to an activating group) is 1. The molecule has 0 aliphatic carbocycles. The molecule has 1 atom stereocenters. The topological polar surface area (TPSA) is 34.1 Å². The van der Waals surface area contributed by atoms with Crippen molar-refractivity contribution >= 4 is 0 Å². The molecule has 1 rings (SSSR count). The first-order valence-electron chi connectivity index (χ1n) is 4.54. The van der Waals surface area contributed by atoms with Gasteiger partial charge in [0.2, 0.25) is 0 Å². The molecule has 1 N–H and O–H groups in total. The molecule has 0 aliphatic heterocycles. The van der Waals surface area contributed by atoms with Crippen molar-refractivity contribution in [2.75, 3.05) is 20.3 Å². The van der Waals surface area contributed by atoms with Crippen LogP contribution in [0.25, 0.3) is 0 Å². The Labute approximate surface area is 79.1 Å². The molecule has 0 saturated carbocycles. The fraction of sp³-hybridized carbons (Fsp3) is 0.500. The van der Waals surface area contributed by atoms with Crippen LogP contribution < -0.4 is 5.32 Å². The van der Waals surface area contributed by atoms with Crippen LogP contribution in [0.5, 0.6) is 0 Å². The van der Waals surface area contributed by atoms with Gasteiger partial charge < -0.3 is 10.1 Å². The molecule has 13 heavy (non-hydrogen) atoms. The summed E-state index contributed by atoms with van der Waals surface area (Å²) in [5.74, 6) is 0. The summed E-state index contributed by atoms with van der Waals surface area (Å²) < 4.78 is 5.34. The fourth-order valence-electron chi connectivity index (χ4n) is 1.13. The van der Waals surface area contributed by atoms with E-state index in [1.54, 1.807) is 6.20 Å². The van der Waals surface area contributed by atoms with Gasteiger partial charge in [-0.2, -0.15) is 0 Å². The Kier molecular flexibility index (Phi) is 4.43. The summed E-state index contributed by atoms with van der Waals surface area (Å²) in [6, 6.07) is 6.09. The predicted octanol–water partition coefficient (Wildman–Crippen LogP) is 1.38. The molecule has 0 saturated heterocycles. The highest BCUT2D eigenvalue weighted by Gasteiger charge is 2.08. The van der Waals surface area contributed by atoms with Gasteiger partial charge in [-0.3, -0.25) is 4.98 Å². The van der Waals surface area contributed by atoms with Crippen LogP contribution >= 0.6 is 0 Å². The third-order valence-corrected chi connectivity index (χ3v) is 1.88. The lowest BCUT2D eigenvalue weighted by Crippen LogP contribution is -2.22. The van der Waals surface area contributed by atoms with Crippen molar-refractivity contribution in [3.8, 4) is 0 Å². The number of nitrogens with zero attached hydrogens (tertiary/aromatic N) is 1. The first kappa shape index (κ1) is 10.2. The highest BCUT2D eigenvalue weighted by atomic mass is 16.5. The van der Waals surface area contributed by atoms with Crippen LogP contribution in [0.4, 0.5) is 0 Å². The fourth-order valence-corrected chi connectivity index (χ4v) is 1.13. The molecule has 1 unspecified atom stereocenters. The van der Waals surface area contributed by atoms with E-state index in [9.17, 15) is 0 Å². The standard InChI is InChI=1S/C10H16N2O/c1-3-13-8-10(11-2)9-6-4-5-7-12-9/h4-7,10-11H,3,8H2,1-2H3. The minimum Gasteiger partial charge on any atom is -0.380 e. The third kappa shape index (κ3) is 3.13. The van der Waals surface area contributed by atoms with Gasteiger partial charge in [-0.1, -0.05) is 6.07 Å². The molecule has 0 bridgehead atoms. The lowest BCUT2D eigenvalue weighted by Gasteiger charge is -2.14. The van der Waals surface area contributed by atoms with E-state index in [1.165, 1.54) is 0 Å². The first-order valence-corrected chi connectivity index (χ1v) is 4.54. The van der Waals surface area contributed by atoms with Crippen LogP contribution in [0.1, 0.15) is 18.7 Å². The summed E-state index contributed by atoms with van der Waals surface area (Å²) in [6.07, 6.45) is 1.80. The third-order valence-electron chi connectivity index (χ3n) is 1.88. The molecule has 1 heterocycles. The van der Waals surface area contributed by atoms with Gasteiger partial charge in [0, 0.05) is 12.8 Å². The van der Waals surface area contributed by atoms with Crippen molar-refractivity contribution in [3.63, 3.8) is 0 Å². The van der Waals surface area contributed by atoms with E-state index >= 15 is 0 Å². The van der Waals surface area contributed by atoms with E-state index in [1.807, 2.05) is 32.2 Å². The number of aromatic nitrogens is 1. The minimum atomic E-state index is 0.196. The van der Waals surface area contributed by atoms with Gasteiger partial charge in [0.1, 0.15) is 0 Å². The average molecular weight is 180 g/mol. The van der Waals surface area contributed by atoms with Crippen LogP contribution in [-0.4, -0.2) is 25.2 Å².